The van der Waals surface area contributed by atoms with Gasteiger partial charge in [-0.15, -0.1) is 0 Å². The molecule has 0 amide bonds. The first-order valence-electron chi connectivity index (χ1n) is 14.3. The van der Waals surface area contributed by atoms with Crippen molar-refractivity contribution in [1.29, 1.82) is 0 Å². The summed E-state index contributed by atoms with van der Waals surface area (Å²) in [6.45, 7) is 17.8. The lowest BCUT2D eigenvalue weighted by molar-refractivity contribution is 0.0819. The van der Waals surface area contributed by atoms with Crippen LogP contribution in [0.5, 0.6) is 0 Å². The van der Waals surface area contributed by atoms with E-state index in [0.717, 1.165) is 70.6 Å². The van der Waals surface area contributed by atoms with Crippen LogP contribution in [0.4, 0.5) is 0 Å². The normalized spacial score (nSPS) is 20.7. The maximum atomic E-state index is 10.1. The number of aliphatic hydroxyl groups excluding tert-OH is 2. The van der Waals surface area contributed by atoms with Crippen molar-refractivity contribution in [3.8, 4) is 0 Å². The summed E-state index contributed by atoms with van der Waals surface area (Å²) in [5.41, 5.74) is 8.47. The Morgan fingerprint density at radius 3 is 1.86 bits per heavy atom. The van der Waals surface area contributed by atoms with Crippen molar-refractivity contribution in [3.05, 3.63) is 70.4 Å². The Morgan fingerprint density at radius 1 is 0.778 bits per heavy atom. The van der Waals surface area contributed by atoms with Gasteiger partial charge in [-0.2, -0.15) is 0 Å². The lowest BCUT2D eigenvalue weighted by Gasteiger charge is -2.36. The van der Waals surface area contributed by atoms with E-state index in [1.54, 1.807) is 0 Å². The van der Waals surface area contributed by atoms with Gasteiger partial charge in [0.05, 0.1) is 0 Å². The molecule has 0 bridgehead atoms. The molecular formula is C34H56O2. The van der Waals surface area contributed by atoms with Gasteiger partial charge in [-0.05, 0) is 130 Å². The fourth-order valence-corrected chi connectivity index (χ4v) is 5.20. The molecular weight excluding hydrogens is 440 g/mol. The van der Waals surface area contributed by atoms with Gasteiger partial charge in [0.1, 0.15) is 0 Å². The first-order chi connectivity index (χ1) is 17.2. The monoisotopic (exact) mass is 496 g/mol. The molecule has 0 spiro atoms. The molecule has 2 nitrogen and oxygen atoms in total. The minimum Gasteiger partial charge on any atom is -0.396 e. The van der Waals surface area contributed by atoms with Crippen LogP contribution in [0.2, 0.25) is 0 Å². The predicted molar refractivity (Wildman–Crippen MR) is 159 cm³/mol. The van der Waals surface area contributed by atoms with Crippen molar-refractivity contribution < 1.29 is 10.2 Å². The second kappa shape index (κ2) is 18.6. The summed E-state index contributed by atoms with van der Waals surface area (Å²) in [5.74, 6) is 0.657. The fourth-order valence-electron chi connectivity index (χ4n) is 5.20. The highest BCUT2D eigenvalue weighted by Crippen LogP contribution is 2.38. The Morgan fingerprint density at radius 2 is 1.33 bits per heavy atom. The zero-order valence-corrected chi connectivity index (χ0v) is 24.4. The SMILES string of the molecule is C=C(CC/C=C(\C)CCC=C(C)C)CCC1C=C(CC/C=C(\C)CCC=C(C)C)CC(CO)C1CO. The van der Waals surface area contributed by atoms with Gasteiger partial charge in [0, 0.05) is 13.2 Å². The third-order valence-corrected chi connectivity index (χ3v) is 7.54. The molecule has 3 unspecified atom stereocenters. The van der Waals surface area contributed by atoms with Crippen LogP contribution in [-0.2, 0) is 0 Å². The number of hydrogen-bond donors (Lipinski definition) is 2. The van der Waals surface area contributed by atoms with Gasteiger partial charge >= 0.3 is 0 Å². The lowest BCUT2D eigenvalue weighted by Crippen LogP contribution is -2.32. The van der Waals surface area contributed by atoms with E-state index in [1.165, 1.54) is 33.4 Å². The lowest BCUT2D eigenvalue weighted by atomic mass is 9.71. The topological polar surface area (TPSA) is 40.5 Å². The van der Waals surface area contributed by atoms with Crippen LogP contribution >= 0.6 is 0 Å². The third kappa shape index (κ3) is 14.2. The maximum absolute atomic E-state index is 10.1. The van der Waals surface area contributed by atoms with Gasteiger partial charge in [0.25, 0.3) is 0 Å². The summed E-state index contributed by atoms with van der Waals surface area (Å²) in [4.78, 5) is 0. The van der Waals surface area contributed by atoms with Crippen molar-refractivity contribution in [2.24, 2.45) is 17.8 Å². The molecule has 2 N–H and O–H groups in total. The Kier molecular flexibility index (Phi) is 16.7. The van der Waals surface area contributed by atoms with E-state index in [2.05, 4.69) is 78.5 Å². The molecule has 0 aromatic carbocycles. The van der Waals surface area contributed by atoms with E-state index >= 15 is 0 Å². The molecule has 1 aliphatic carbocycles. The quantitative estimate of drug-likeness (QED) is 0.197. The summed E-state index contributed by atoms with van der Waals surface area (Å²) in [5, 5.41) is 20.1. The summed E-state index contributed by atoms with van der Waals surface area (Å²) in [6, 6.07) is 0. The smallest absolute Gasteiger partial charge is 0.0468 e. The summed E-state index contributed by atoms with van der Waals surface area (Å²) in [6.07, 6.45) is 23.5. The molecule has 36 heavy (non-hydrogen) atoms. The Bertz CT molecular complexity index is 797. The molecule has 0 aromatic heterocycles. The standard InChI is InChI=1S/C34H56O2/c1-26(2)12-8-14-28(5)16-10-17-30(7)20-21-32-22-31(23-33(24-35)34(32)25-36)19-11-18-29(6)15-9-13-27(3)4/h12-13,16,18,22,32-36H,7-11,14-15,17,19-21,23-25H2,1-6H3/b28-16+,29-18+. The Balaban J connectivity index is 2.60. The van der Waals surface area contributed by atoms with E-state index in [9.17, 15) is 10.2 Å². The summed E-state index contributed by atoms with van der Waals surface area (Å²) in [7, 11) is 0. The molecule has 204 valence electrons. The van der Waals surface area contributed by atoms with Crippen LogP contribution in [0.1, 0.15) is 112 Å². The minimum atomic E-state index is 0.156. The van der Waals surface area contributed by atoms with Gasteiger partial charge in [-0.1, -0.05) is 70.4 Å². The zero-order chi connectivity index (χ0) is 26.9. The van der Waals surface area contributed by atoms with Crippen LogP contribution in [0.25, 0.3) is 0 Å². The Hall–Kier alpha value is -1.64. The maximum Gasteiger partial charge on any atom is 0.0468 e. The molecule has 0 saturated heterocycles. The zero-order valence-electron chi connectivity index (χ0n) is 24.4. The van der Waals surface area contributed by atoms with Crippen molar-refractivity contribution >= 4 is 0 Å². The van der Waals surface area contributed by atoms with Gasteiger partial charge in [-0.3, -0.25) is 0 Å². The highest BCUT2D eigenvalue weighted by Gasteiger charge is 2.32. The molecule has 1 aliphatic rings. The number of allylic oxidation sites excluding steroid dienone is 11. The molecule has 0 aromatic rings. The van der Waals surface area contributed by atoms with E-state index in [1.807, 2.05) is 0 Å². The Labute approximate surface area is 223 Å². The molecule has 0 heterocycles. The fraction of sp³-hybridized carbons (Fsp3) is 0.647. The third-order valence-electron chi connectivity index (χ3n) is 7.54. The van der Waals surface area contributed by atoms with Crippen molar-refractivity contribution in [3.63, 3.8) is 0 Å². The van der Waals surface area contributed by atoms with Gasteiger partial charge in [0.15, 0.2) is 0 Å². The van der Waals surface area contributed by atoms with Crippen LogP contribution < -0.4 is 0 Å². The van der Waals surface area contributed by atoms with Crippen LogP contribution in [0, 0.1) is 17.8 Å². The van der Waals surface area contributed by atoms with Crippen LogP contribution in [0.15, 0.2) is 70.4 Å². The first-order valence-corrected chi connectivity index (χ1v) is 14.3. The van der Waals surface area contributed by atoms with Gasteiger partial charge in [0.2, 0.25) is 0 Å². The largest absolute Gasteiger partial charge is 0.396 e. The second-order valence-corrected chi connectivity index (χ2v) is 11.6. The summed E-state index contributed by atoms with van der Waals surface area (Å²) >= 11 is 0. The van der Waals surface area contributed by atoms with Gasteiger partial charge in [-0.25, -0.2) is 0 Å². The average molecular weight is 497 g/mol. The van der Waals surface area contributed by atoms with E-state index in [-0.39, 0.29) is 25.0 Å². The molecule has 0 aliphatic heterocycles. The van der Waals surface area contributed by atoms with Crippen LogP contribution in [-0.4, -0.2) is 23.4 Å². The molecule has 1 rings (SSSR count). The molecule has 3 atom stereocenters. The van der Waals surface area contributed by atoms with E-state index < -0.39 is 0 Å². The average Bonchev–Trinajstić information content (AvgIpc) is 2.81. The van der Waals surface area contributed by atoms with E-state index in [0.29, 0.717) is 5.92 Å². The molecule has 2 heteroatoms. The van der Waals surface area contributed by atoms with Gasteiger partial charge < -0.3 is 10.2 Å². The van der Waals surface area contributed by atoms with Crippen molar-refractivity contribution in [2.75, 3.05) is 13.2 Å². The van der Waals surface area contributed by atoms with Crippen molar-refractivity contribution in [2.45, 2.75) is 112 Å². The molecule has 0 fully saturated rings. The highest BCUT2D eigenvalue weighted by atomic mass is 16.3. The number of hydrogen-bond acceptors (Lipinski definition) is 2. The van der Waals surface area contributed by atoms with Crippen molar-refractivity contribution in [1.82, 2.24) is 0 Å². The number of rotatable bonds is 17. The van der Waals surface area contributed by atoms with Crippen LogP contribution in [0.3, 0.4) is 0 Å². The highest BCUT2D eigenvalue weighted by molar-refractivity contribution is 5.15. The second-order valence-electron chi connectivity index (χ2n) is 11.6. The van der Waals surface area contributed by atoms with E-state index in [4.69, 9.17) is 0 Å². The first kappa shape index (κ1) is 32.4. The minimum absolute atomic E-state index is 0.156. The summed E-state index contributed by atoms with van der Waals surface area (Å²) < 4.78 is 0. The predicted octanol–water partition coefficient (Wildman–Crippen LogP) is 9.43. The number of aliphatic hydroxyl groups is 2. The molecule has 0 saturated carbocycles. The molecule has 0 radical (unpaired) electrons.